The molecule has 0 saturated carbocycles. The Morgan fingerprint density at radius 3 is 2.20 bits per heavy atom. The van der Waals surface area contributed by atoms with E-state index < -0.39 is 0 Å². The van der Waals surface area contributed by atoms with Crippen LogP contribution in [0.1, 0.15) is 24.8 Å². The molecule has 0 aliphatic rings. The van der Waals surface area contributed by atoms with Crippen molar-refractivity contribution in [3.8, 4) is 0 Å². The average Bonchev–Trinajstić information content (AvgIpc) is 2.26. The summed E-state index contributed by atoms with van der Waals surface area (Å²) in [7, 11) is 6.15. The summed E-state index contributed by atoms with van der Waals surface area (Å²) in [6.45, 7) is 3.29. The molecule has 1 atom stereocenters. The molecule has 2 nitrogen and oxygen atoms in total. The highest BCUT2D eigenvalue weighted by Gasteiger charge is 2.07. The molecular formula is C13H22N2. The molecule has 0 saturated heterocycles. The van der Waals surface area contributed by atoms with Crippen molar-refractivity contribution in [2.75, 3.05) is 32.6 Å². The zero-order valence-electron chi connectivity index (χ0n) is 10.2. The van der Waals surface area contributed by atoms with E-state index in [4.69, 9.17) is 0 Å². The van der Waals surface area contributed by atoms with Gasteiger partial charge in [-0.05, 0) is 37.1 Å². The van der Waals surface area contributed by atoms with Crippen molar-refractivity contribution in [1.82, 2.24) is 5.32 Å². The lowest BCUT2D eigenvalue weighted by Crippen LogP contribution is -2.16. The summed E-state index contributed by atoms with van der Waals surface area (Å²) in [6.07, 6.45) is 1.18. The van der Waals surface area contributed by atoms with E-state index in [1.54, 1.807) is 0 Å². The molecule has 0 aliphatic heterocycles. The van der Waals surface area contributed by atoms with Gasteiger partial charge in [-0.15, -0.1) is 0 Å². The first-order valence-corrected chi connectivity index (χ1v) is 5.61. The predicted molar refractivity (Wildman–Crippen MR) is 67.7 cm³/mol. The zero-order chi connectivity index (χ0) is 11.3. The number of nitrogens with zero attached hydrogens (tertiary/aromatic N) is 1. The van der Waals surface area contributed by atoms with E-state index in [0.717, 1.165) is 6.54 Å². The predicted octanol–water partition coefficient (Wildman–Crippen LogP) is 2.47. The summed E-state index contributed by atoms with van der Waals surface area (Å²) >= 11 is 0. The first-order chi connectivity index (χ1) is 7.19. The van der Waals surface area contributed by atoms with Gasteiger partial charge in [0.15, 0.2) is 0 Å². The molecular weight excluding hydrogens is 184 g/mol. The van der Waals surface area contributed by atoms with Crippen LogP contribution < -0.4 is 10.2 Å². The third-order valence-corrected chi connectivity index (χ3v) is 2.82. The van der Waals surface area contributed by atoms with Crippen LogP contribution in [0.2, 0.25) is 0 Å². The van der Waals surface area contributed by atoms with Crippen molar-refractivity contribution < 1.29 is 0 Å². The SMILES string of the molecule is CCC(CNC)c1ccc(N(C)C)cc1. The van der Waals surface area contributed by atoms with Crippen LogP contribution in [0.4, 0.5) is 5.69 Å². The maximum Gasteiger partial charge on any atom is 0.0361 e. The first kappa shape index (κ1) is 12.1. The highest BCUT2D eigenvalue weighted by Crippen LogP contribution is 2.21. The fraction of sp³-hybridized carbons (Fsp3) is 0.538. The Hall–Kier alpha value is -1.02. The third-order valence-electron chi connectivity index (χ3n) is 2.82. The maximum atomic E-state index is 3.24. The number of anilines is 1. The Balaban J connectivity index is 2.77. The minimum Gasteiger partial charge on any atom is -0.378 e. The topological polar surface area (TPSA) is 15.3 Å². The van der Waals surface area contributed by atoms with Gasteiger partial charge in [0.25, 0.3) is 0 Å². The zero-order valence-corrected chi connectivity index (χ0v) is 10.2. The molecule has 0 spiro atoms. The van der Waals surface area contributed by atoms with Crippen LogP contribution in [0.15, 0.2) is 24.3 Å². The van der Waals surface area contributed by atoms with Crippen LogP contribution in [-0.2, 0) is 0 Å². The number of rotatable bonds is 5. The second kappa shape index (κ2) is 5.76. The molecule has 15 heavy (non-hydrogen) atoms. The van der Waals surface area contributed by atoms with Crippen molar-refractivity contribution in [2.45, 2.75) is 19.3 Å². The molecule has 0 amide bonds. The minimum absolute atomic E-state index is 0.631. The van der Waals surface area contributed by atoms with Gasteiger partial charge in [-0.2, -0.15) is 0 Å². The van der Waals surface area contributed by atoms with E-state index in [9.17, 15) is 0 Å². The smallest absolute Gasteiger partial charge is 0.0361 e. The Morgan fingerprint density at radius 2 is 1.80 bits per heavy atom. The maximum absolute atomic E-state index is 3.24. The summed E-state index contributed by atoms with van der Waals surface area (Å²) in [4.78, 5) is 2.13. The average molecular weight is 206 g/mol. The molecule has 1 aromatic carbocycles. The molecule has 0 aliphatic carbocycles. The van der Waals surface area contributed by atoms with Gasteiger partial charge >= 0.3 is 0 Å². The highest BCUT2D eigenvalue weighted by atomic mass is 15.1. The van der Waals surface area contributed by atoms with Gasteiger partial charge in [0.05, 0.1) is 0 Å². The molecule has 0 aromatic heterocycles. The Morgan fingerprint density at radius 1 is 1.20 bits per heavy atom. The lowest BCUT2D eigenvalue weighted by atomic mass is 9.96. The first-order valence-electron chi connectivity index (χ1n) is 5.61. The standard InChI is InChI=1S/C13H22N2/c1-5-11(10-14-2)12-6-8-13(9-7-12)15(3)4/h6-9,11,14H,5,10H2,1-4H3. The van der Waals surface area contributed by atoms with E-state index in [1.165, 1.54) is 17.7 Å². The van der Waals surface area contributed by atoms with Gasteiger partial charge in [0.2, 0.25) is 0 Å². The van der Waals surface area contributed by atoms with Crippen LogP contribution in [0.5, 0.6) is 0 Å². The minimum atomic E-state index is 0.631. The molecule has 0 fully saturated rings. The Labute approximate surface area is 93.3 Å². The summed E-state index contributed by atoms with van der Waals surface area (Å²) < 4.78 is 0. The molecule has 1 N–H and O–H groups in total. The summed E-state index contributed by atoms with van der Waals surface area (Å²) in [5, 5.41) is 3.24. The van der Waals surface area contributed by atoms with E-state index in [-0.39, 0.29) is 0 Å². The van der Waals surface area contributed by atoms with Crippen LogP contribution in [0.25, 0.3) is 0 Å². The fourth-order valence-corrected chi connectivity index (χ4v) is 1.79. The second-order valence-electron chi connectivity index (χ2n) is 4.15. The summed E-state index contributed by atoms with van der Waals surface area (Å²) in [5.41, 5.74) is 2.69. The molecule has 0 bridgehead atoms. The third kappa shape index (κ3) is 3.24. The van der Waals surface area contributed by atoms with E-state index in [1.807, 2.05) is 7.05 Å². The van der Waals surface area contributed by atoms with E-state index >= 15 is 0 Å². The molecule has 1 rings (SSSR count). The Bertz CT molecular complexity index is 277. The van der Waals surface area contributed by atoms with Crippen molar-refractivity contribution in [3.05, 3.63) is 29.8 Å². The number of nitrogens with one attached hydrogen (secondary N) is 1. The van der Waals surface area contributed by atoms with Gasteiger partial charge in [-0.25, -0.2) is 0 Å². The Kier molecular flexibility index (Phi) is 4.63. The molecule has 1 unspecified atom stereocenters. The van der Waals surface area contributed by atoms with Crippen LogP contribution in [0.3, 0.4) is 0 Å². The number of likely N-dealkylation sites (N-methyl/N-ethyl adjacent to an activating group) is 1. The van der Waals surface area contributed by atoms with Crippen LogP contribution >= 0.6 is 0 Å². The molecule has 1 aromatic rings. The van der Waals surface area contributed by atoms with Crippen LogP contribution in [0, 0.1) is 0 Å². The van der Waals surface area contributed by atoms with Crippen LogP contribution in [-0.4, -0.2) is 27.7 Å². The fourth-order valence-electron chi connectivity index (χ4n) is 1.79. The molecule has 0 radical (unpaired) electrons. The number of hydrogen-bond donors (Lipinski definition) is 1. The second-order valence-corrected chi connectivity index (χ2v) is 4.15. The van der Waals surface area contributed by atoms with Gasteiger partial charge in [0, 0.05) is 26.3 Å². The van der Waals surface area contributed by atoms with Gasteiger partial charge in [-0.3, -0.25) is 0 Å². The van der Waals surface area contributed by atoms with E-state index in [0.29, 0.717) is 5.92 Å². The summed E-state index contributed by atoms with van der Waals surface area (Å²) in [6, 6.07) is 8.85. The van der Waals surface area contributed by atoms with Crippen molar-refractivity contribution in [1.29, 1.82) is 0 Å². The largest absolute Gasteiger partial charge is 0.378 e. The van der Waals surface area contributed by atoms with Gasteiger partial charge < -0.3 is 10.2 Å². The lowest BCUT2D eigenvalue weighted by Gasteiger charge is -2.17. The van der Waals surface area contributed by atoms with Crippen molar-refractivity contribution >= 4 is 5.69 Å². The van der Waals surface area contributed by atoms with Gasteiger partial charge in [0.1, 0.15) is 0 Å². The normalized spacial score (nSPS) is 12.5. The molecule has 2 heteroatoms. The van der Waals surface area contributed by atoms with Crippen molar-refractivity contribution in [3.63, 3.8) is 0 Å². The van der Waals surface area contributed by atoms with E-state index in [2.05, 4.69) is 55.5 Å². The van der Waals surface area contributed by atoms with Gasteiger partial charge in [-0.1, -0.05) is 19.1 Å². The highest BCUT2D eigenvalue weighted by molar-refractivity contribution is 5.46. The summed E-state index contributed by atoms with van der Waals surface area (Å²) in [5.74, 6) is 0.631. The molecule has 84 valence electrons. The number of hydrogen-bond acceptors (Lipinski definition) is 2. The number of benzene rings is 1. The monoisotopic (exact) mass is 206 g/mol. The van der Waals surface area contributed by atoms with Crippen molar-refractivity contribution in [2.24, 2.45) is 0 Å². The lowest BCUT2D eigenvalue weighted by molar-refractivity contribution is 0.612. The molecule has 0 heterocycles. The quantitative estimate of drug-likeness (QED) is 0.796.